The first kappa shape index (κ1) is 8.95. The van der Waals surface area contributed by atoms with Crippen LogP contribution in [0, 0.1) is 0 Å². The number of nitrogens with zero attached hydrogens (tertiary/aromatic N) is 1. The van der Waals surface area contributed by atoms with Crippen molar-refractivity contribution >= 4 is 42.4 Å². The molecule has 0 aromatic carbocycles. The summed E-state index contributed by atoms with van der Waals surface area (Å²) in [5.41, 5.74) is 0. The van der Waals surface area contributed by atoms with Gasteiger partial charge in [0.25, 0.3) is 0 Å². The van der Waals surface area contributed by atoms with Crippen molar-refractivity contribution < 1.29 is 8.42 Å². The van der Waals surface area contributed by atoms with Crippen molar-refractivity contribution in [3.63, 3.8) is 0 Å². The molecule has 0 spiro atoms. The second kappa shape index (κ2) is 3.51. The molecule has 1 rings (SSSR count). The van der Waals surface area contributed by atoms with E-state index < -0.39 is 10.0 Å². The lowest BCUT2D eigenvalue weighted by Gasteiger charge is -1.98. The van der Waals surface area contributed by atoms with Crippen LogP contribution < -0.4 is 4.72 Å². The van der Waals surface area contributed by atoms with Crippen LogP contribution in [0.15, 0.2) is 11.6 Å². The van der Waals surface area contributed by atoms with E-state index in [1.165, 1.54) is 17.5 Å². The van der Waals surface area contributed by atoms with Gasteiger partial charge in [0.2, 0.25) is 10.0 Å². The van der Waals surface area contributed by atoms with Crippen LogP contribution in [-0.2, 0) is 10.0 Å². The van der Waals surface area contributed by atoms with Gasteiger partial charge in [0.1, 0.15) is 4.66 Å². The molecule has 0 fully saturated rings. The van der Waals surface area contributed by atoms with E-state index in [1.807, 2.05) is 0 Å². The van der Waals surface area contributed by atoms with Crippen molar-refractivity contribution in [2.24, 2.45) is 0 Å². The Morgan fingerprint density at radius 3 is 2.91 bits per heavy atom. The smallest absolute Gasteiger partial charge is 0.244 e. The zero-order valence-corrected chi connectivity index (χ0v) is 8.54. The van der Waals surface area contributed by atoms with Gasteiger partial charge in [0, 0.05) is 11.6 Å². The topological polar surface area (TPSA) is 59.1 Å². The molecule has 1 aromatic rings. The quantitative estimate of drug-likeness (QED) is 0.829. The summed E-state index contributed by atoms with van der Waals surface area (Å²) < 4.78 is 23.9. The van der Waals surface area contributed by atoms with E-state index in [1.54, 1.807) is 5.38 Å². The van der Waals surface area contributed by atoms with E-state index in [-0.39, 0.29) is 4.66 Å². The molecule has 0 aliphatic heterocycles. The highest BCUT2D eigenvalue weighted by Gasteiger charge is 2.08. The predicted molar refractivity (Wildman–Crippen MR) is 48.5 cm³/mol. The molecule has 7 heteroatoms. The summed E-state index contributed by atoms with van der Waals surface area (Å²) in [6, 6.07) is 0. The average Bonchev–Trinajstić information content (AvgIpc) is 2.39. The van der Waals surface area contributed by atoms with Crippen LogP contribution in [0.2, 0.25) is 0 Å². The van der Waals surface area contributed by atoms with Crippen molar-refractivity contribution in [2.45, 2.75) is 0 Å². The third-order valence-electron chi connectivity index (χ3n) is 0.819. The van der Waals surface area contributed by atoms with E-state index in [2.05, 4.69) is 25.6 Å². The van der Waals surface area contributed by atoms with E-state index >= 15 is 0 Å². The van der Waals surface area contributed by atoms with Crippen LogP contribution in [0.5, 0.6) is 0 Å². The summed E-state index contributed by atoms with van der Waals surface area (Å²) in [6.45, 7) is 0. The number of rotatable bonds is 3. The number of hydrogen-bond acceptors (Lipinski definition) is 4. The maximum Gasteiger partial charge on any atom is 0.244 e. The zero-order valence-electron chi connectivity index (χ0n) is 5.32. The lowest BCUT2D eigenvalue weighted by Crippen LogP contribution is -2.12. The normalized spacial score (nSPS) is 11.4. The van der Waals surface area contributed by atoms with Gasteiger partial charge in [0.15, 0.2) is 5.13 Å². The maximum atomic E-state index is 10.9. The van der Waals surface area contributed by atoms with Gasteiger partial charge in [0.05, 0.1) is 0 Å². The van der Waals surface area contributed by atoms with Crippen molar-refractivity contribution in [3.8, 4) is 0 Å². The Morgan fingerprint density at radius 1 is 1.73 bits per heavy atom. The van der Waals surface area contributed by atoms with Gasteiger partial charge in [-0.15, -0.1) is 11.3 Å². The molecule has 4 nitrogen and oxygen atoms in total. The largest absolute Gasteiger partial charge is 0.258 e. The number of sulfonamides is 1. The minimum absolute atomic E-state index is 0.112. The Morgan fingerprint density at radius 2 is 2.45 bits per heavy atom. The summed E-state index contributed by atoms with van der Waals surface area (Å²) in [5, 5.41) is 2.09. The predicted octanol–water partition coefficient (Wildman–Crippen LogP) is 1.24. The lowest BCUT2D eigenvalue weighted by atomic mass is 11.0. The molecule has 1 N–H and O–H groups in total. The van der Waals surface area contributed by atoms with Gasteiger partial charge in [-0.1, -0.05) is 15.9 Å². The molecular weight excluding hydrogens is 252 g/mol. The van der Waals surface area contributed by atoms with Gasteiger partial charge in [-0.05, 0) is 0 Å². The molecule has 0 bridgehead atoms. The van der Waals surface area contributed by atoms with Gasteiger partial charge in [-0.2, -0.15) is 0 Å². The first-order chi connectivity index (χ1) is 5.14. The molecule has 0 unspecified atom stereocenters. The Bertz CT molecular complexity index is 307. The van der Waals surface area contributed by atoms with Crippen molar-refractivity contribution in [1.29, 1.82) is 0 Å². The zero-order chi connectivity index (χ0) is 8.32. The molecule has 0 aliphatic carbocycles. The summed E-state index contributed by atoms with van der Waals surface area (Å²) in [6.07, 6.45) is 1.54. The number of aromatic nitrogens is 1. The van der Waals surface area contributed by atoms with Crippen LogP contribution in [0.1, 0.15) is 0 Å². The summed E-state index contributed by atoms with van der Waals surface area (Å²) in [7, 11) is -3.23. The molecule has 0 radical (unpaired) electrons. The molecule has 0 atom stereocenters. The minimum Gasteiger partial charge on any atom is -0.258 e. The van der Waals surface area contributed by atoms with Crippen LogP contribution in [0.4, 0.5) is 5.13 Å². The van der Waals surface area contributed by atoms with Gasteiger partial charge < -0.3 is 0 Å². The van der Waals surface area contributed by atoms with Crippen molar-refractivity contribution in [2.75, 3.05) is 9.38 Å². The molecular formula is C4H5BrN2O2S2. The van der Waals surface area contributed by atoms with E-state index in [0.29, 0.717) is 5.13 Å². The number of nitrogens with one attached hydrogen (secondary N) is 1. The summed E-state index contributed by atoms with van der Waals surface area (Å²) in [4.78, 5) is 3.76. The fourth-order valence-electron chi connectivity index (χ4n) is 0.434. The summed E-state index contributed by atoms with van der Waals surface area (Å²) >= 11 is 4.09. The highest BCUT2D eigenvalue weighted by atomic mass is 79.9. The van der Waals surface area contributed by atoms with E-state index in [9.17, 15) is 8.42 Å². The SMILES string of the molecule is O=S(=O)(CBr)Nc1nccs1. The molecule has 0 saturated heterocycles. The lowest BCUT2D eigenvalue weighted by molar-refractivity contribution is 0.606. The van der Waals surface area contributed by atoms with Gasteiger partial charge >= 0.3 is 0 Å². The number of alkyl halides is 1. The van der Waals surface area contributed by atoms with Gasteiger partial charge in [-0.25, -0.2) is 13.4 Å². The average molecular weight is 257 g/mol. The van der Waals surface area contributed by atoms with Crippen molar-refractivity contribution in [1.82, 2.24) is 4.98 Å². The van der Waals surface area contributed by atoms with Crippen LogP contribution >= 0.6 is 27.3 Å². The van der Waals surface area contributed by atoms with Crippen LogP contribution in [-0.4, -0.2) is 18.1 Å². The fraction of sp³-hybridized carbons (Fsp3) is 0.250. The van der Waals surface area contributed by atoms with Crippen LogP contribution in [0.25, 0.3) is 0 Å². The fourth-order valence-corrected chi connectivity index (χ4v) is 2.10. The highest BCUT2D eigenvalue weighted by Crippen LogP contribution is 2.12. The Balaban J connectivity index is 2.72. The third-order valence-corrected chi connectivity index (χ3v) is 4.24. The Labute approximate surface area is 76.8 Å². The Hall–Kier alpha value is -0.140. The number of halogens is 1. The molecule has 1 aromatic heterocycles. The first-order valence-corrected chi connectivity index (χ1v) is 6.25. The standard InChI is InChI=1S/C4H5BrN2O2S2/c5-3-11(8,9)7-4-6-1-2-10-4/h1-2H,3H2,(H,6,7). The Kier molecular flexibility index (Phi) is 2.85. The van der Waals surface area contributed by atoms with Gasteiger partial charge in [-0.3, -0.25) is 4.72 Å². The monoisotopic (exact) mass is 256 g/mol. The number of anilines is 1. The second-order valence-corrected chi connectivity index (χ2v) is 5.58. The molecule has 62 valence electrons. The highest BCUT2D eigenvalue weighted by molar-refractivity contribution is 9.10. The van der Waals surface area contributed by atoms with E-state index in [0.717, 1.165) is 0 Å². The molecule has 11 heavy (non-hydrogen) atoms. The van der Waals surface area contributed by atoms with Crippen LogP contribution in [0.3, 0.4) is 0 Å². The number of thiazole rings is 1. The van der Waals surface area contributed by atoms with Crippen molar-refractivity contribution in [3.05, 3.63) is 11.6 Å². The molecule has 0 saturated carbocycles. The first-order valence-electron chi connectivity index (χ1n) is 2.60. The second-order valence-electron chi connectivity index (χ2n) is 1.66. The molecule has 0 amide bonds. The number of hydrogen-bond donors (Lipinski definition) is 1. The third kappa shape index (κ3) is 2.76. The molecule has 0 aliphatic rings. The maximum absolute atomic E-state index is 10.9. The molecule has 1 heterocycles. The minimum atomic E-state index is -3.23. The summed E-state index contributed by atoms with van der Waals surface area (Å²) in [5.74, 6) is 0. The van der Waals surface area contributed by atoms with E-state index in [4.69, 9.17) is 0 Å².